The third-order valence-corrected chi connectivity index (χ3v) is 7.29. The van der Waals surface area contributed by atoms with Gasteiger partial charge in [0.15, 0.2) is 5.54 Å². The molecule has 35 heavy (non-hydrogen) atoms. The number of carbonyl (C=O) groups excluding carboxylic acids is 2. The molecule has 178 valence electrons. The van der Waals surface area contributed by atoms with Crippen LogP contribution in [-0.2, 0) is 16.8 Å². The van der Waals surface area contributed by atoms with E-state index in [1.807, 2.05) is 48.5 Å². The molecule has 1 unspecified atom stereocenters. The molecule has 0 bridgehead atoms. The van der Waals surface area contributed by atoms with Gasteiger partial charge in [0, 0.05) is 33.8 Å². The van der Waals surface area contributed by atoms with Crippen molar-refractivity contribution in [2.24, 2.45) is 0 Å². The van der Waals surface area contributed by atoms with Crippen LogP contribution in [-0.4, -0.2) is 18.0 Å². The van der Waals surface area contributed by atoms with Crippen LogP contribution in [0, 0.1) is 0 Å². The Labute approximate surface area is 214 Å². The molecule has 1 aliphatic heterocycles. The van der Waals surface area contributed by atoms with Gasteiger partial charge in [0.05, 0.1) is 5.69 Å². The zero-order valence-corrected chi connectivity index (χ0v) is 20.6. The Morgan fingerprint density at radius 2 is 1.86 bits per heavy atom. The third kappa shape index (κ3) is 4.19. The van der Waals surface area contributed by atoms with Crippen LogP contribution in [0.2, 0.25) is 10.0 Å². The second kappa shape index (κ2) is 9.40. The van der Waals surface area contributed by atoms with Crippen molar-refractivity contribution in [1.29, 1.82) is 0 Å². The third-order valence-electron chi connectivity index (χ3n) is 6.82. The van der Waals surface area contributed by atoms with Crippen LogP contribution >= 0.6 is 23.2 Å². The maximum atomic E-state index is 14.0. The number of benzene rings is 3. The molecule has 0 aromatic heterocycles. The highest BCUT2D eigenvalue weighted by Gasteiger charge is 2.54. The summed E-state index contributed by atoms with van der Waals surface area (Å²) in [5.74, 6) is -0.308. The monoisotopic (exact) mass is 505 g/mol. The molecule has 0 saturated heterocycles. The van der Waals surface area contributed by atoms with Crippen LogP contribution in [0.25, 0.3) is 6.08 Å². The van der Waals surface area contributed by atoms with Crippen molar-refractivity contribution in [3.63, 3.8) is 0 Å². The van der Waals surface area contributed by atoms with Crippen molar-refractivity contribution in [3.8, 4) is 0 Å². The lowest BCUT2D eigenvalue weighted by Crippen LogP contribution is -2.60. The van der Waals surface area contributed by atoms with E-state index in [1.54, 1.807) is 29.2 Å². The topological polar surface area (TPSA) is 61.4 Å². The highest BCUT2D eigenvalue weighted by Crippen LogP contribution is 2.47. The van der Waals surface area contributed by atoms with Gasteiger partial charge in [0.1, 0.15) is 0 Å². The average Bonchev–Trinajstić information content (AvgIpc) is 3.07. The number of hydrogen-bond donors (Lipinski definition) is 2. The molecule has 1 fully saturated rings. The molecule has 5 rings (SSSR count). The number of para-hydroxylation sites is 1. The number of halogens is 2. The highest BCUT2D eigenvalue weighted by atomic mass is 35.5. The quantitative estimate of drug-likeness (QED) is 0.387. The van der Waals surface area contributed by atoms with Gasteiger partial charge in [0.2, 0.25) is 0 Å². The summed E-state index contributed by atoms with van der Waals surface area (Å²) >= 11 is 12.6. The maximum absolute atomic E-state index is 14.0. The first-order chi connectivity index (χ1) is 16.9. The van der Waals surface area contributed by atoms with E-state index < -0.39 is 5.54 Å². The van der Waals surface area contributed by atoms with Gasteiger partial charge < -0.3 is 10.6 Å². The largest absolute Gasteiger partial charge is 0.335 e. The Morgan fingerprint density at radius 3 is 2.57 bits per heavy atom. The number of rotatable bonds is 6. The van der Waals surface area contributed by atoms with Crippen LogP contribution in [0.1, 0.15) is 36.0 Å². The van der Waals surface area contributed by atoms with Crippen LogP contribution in [0.4, 0.5) is 16.2 Å². The first-order valence-electron chi connectivity index (χ1n) is 11.6. The molecule has 3 amide bonds. The standard InChI is InChI=1S/C28H25Cl2N3O2/c1-2-19-8-3-4-12-25(19)33(27(35)31-22-10-6-11-22)28(17-18-7-5-9-20(29)15-18)23-14-13-21(30)16-24(23)32-26(28)34/h2-5,7-9,12-16,22H,1,6,10-11,17H2,(H,31,35)(H,32,34). The number of hydrogen-bond acceptors (Lipinski definition) is 2. The lowest BCUT2D eigenvalue weighted by molar-refractivity contribution is -0.120. The van der Waals surface area contributed by atoms with Crippen LogP contribution < -0.4 is 15.5 Å². The molecule has 1 aliphatic carbocycles. The van der Waals surface area contributed by atoms with E-state index in [0.29, 0.717) is 27.0 Å². The average molecular weight is 506 g/mol. The summed E-state index contributed by atoms with van der Waals surface area (Å²) in [4.78, 5) is 29.6. The molecular formula is C28H25Cl2N3O2. The second-order valence-electron chi connectivity index (χ2n) is 8.99. The summed E-state index contributed by atoms with van der Waals surface area (Å²) in [5.41, 5.74) is 2.05. The lowest BCUT2D eigenvalue weighted by atomic mass is 9.82. The van der Waals surface area contributed by atoms with E-state index in [1.165, 1.54) is 0 Å². The van der Waals surface area contributed by atoms with Crippen molar-refractivity contribution in [3.05, 3.63) is 100 Å². The predicted octanol–water partition coefficient (Wildman–Crippen LogP) is 6.80. The molecule has 2 aliphatic rings. The Balaban J connectivity index is 1.75. The molecule has 3 aromatic rings. The summed E-state index contributed by atoms with van der Waals surface area (Å²) in [7, 11) is 0. The minimum absolute atomic E-state index is 0.0817. The Morgan fingerprint density at radius 1 is 1.09 bits per heavy atom. The zero-order chi connectivity index (χ0) is 24.6. The summed E-state index contributed by atoms with van der Waals surface area (Å²) in [5, 5.41) is 7.19. The van der Waals surface area contributed by atoms with Crippen molar-refractivity contribution in [1.82, 2.24) is 5.32 Å². The Bertz CT molecular complexity index is 1320. The molecule has 1 atom stereocenters. The van der Waals surface area contributed by atoms with Gasteiger partial charge in [-0.25, -0.2) is 4.79 Å². The number of nitrogens with one attached hydrogen (secondary N) is 2. The molecule has 3 aromatic carbocycles. The van der Waals surface area contributed by atoms with Gasteiger partial charge in [-0.3, -0.25) is 9.69 Å². The van der Waals surface area contributed by atoms with Gasteiger partial charge >= 0.3 is 6.03 Å². The summed E-state index contributed by atoms with van der Waals surface area (Å²) < 4.78 is 0. The molecule has 0 radical (unpaired) electrons. The van der Waals surface area contributed by atoms with Crippen molar-refractivity contribution in [2.75, 3.05) is 10.2 Å². The van der Waals surface area contributed by atoms with Crippen molar-refractivity contribution >= 4 is 52.6 Å². The van der Waals surface area contributed by atoms with Crippen LogP contribution in [0.3, 0.4) is 0 Å². The summed E-state index contributed by atoms with van der Waals surface area (Å²) in [6.45, 7) is 3.95. The van der Waals surface area contributed by atoms with Gasteiger partial charge in [-0.1, -0.05) is 72.3 Å². The fraction of sp³-hybridized carbons (Fsp3) is 0.214. The first-order valence-corrected chi connectivity index (χ1v) is 12.4. The fourth-order valence-corrected chi connectivity index (χ4v) is 5.28. The minimum Gasteiger partial charge on any atom is -0.335 e. The van der Waals surface area contributed by atoms with E-state index in [4.69, 9.17) is 23.2 Å². The summed E-state index contributed by atoms with van der Waals surface area (Å²) in [6, 6.07) is 19.9. The maximum Gasteiger partial charge on any atom is 0.323 e. The Hall–Kier alpha value is -3.28. The van der Waals surface area contributed by atoms with E-state index in [9.17, 15) is 9.59 Å². The molecule has 2 N–H and O–H groups in total. The van der Waals surface area contributed by atoms with Crippen LogP contribution in [0.15, 0.2) is 73.3 Å². The molecule has 7 heteroatoms. The number of carbonyl (C=O) groups is 2. The van der Waals surface area contributed by atoms with Crippen LogP contribution in [0.5, 0.6) is 0 Å². The predicted molar refractivity (Wildman–Crippen MR) is 142 cm³/mol. The number of amides is 3. The van der Waals surface area contributed by atoms with E-state index in [2.05, 4.69) is 17.2 Å². The molecule has 1 saturated carbocycles. The Kier molecular flexibility index (Phi) is 6.30. The molecule has 0 spiro atoms. The second-order valence-corrected chi connectivity index (χ2v) is 9.86. The van der Waals surface area contributed by atoms with Gasteiger partial charge in [-0.2, -0.15) is 0 Å². The summed E-state index contributed by atoms with van der Waals surface area (Å²) in [6.07, 6.45) is 4.83. The van der Waals surface area contributed by atoms with Gasteiger partial charge in [-0.15, -0.1) is 0 Å². The molecule has 1 heterocycles. The number of urea groups is 1. The molecule has 5 nitrogen and oxygen atoms in total. The number of anilines is 2. The van der Waals surface area contributed by atoms with Crippen molar-refractivity contribution in [2.45, 2.75) is 37.3 Å². The van der Waals surface area contributed by atoms with E-state index >= 15 is 0 Å². The van der Waals surface area contributed by atoms with E-state index in [0.717, 1.165) is 30.4 Å². The van der Waals surface area contributed by atoms with Gasteiger partial charge in [-0.05, 0) is 60.7 Å². The van der Waals surface area contributed by atoms with E-state index in [-0.39, 0.29) is 24.4 Å². The zero-order valence-electron chi connectivity index (χ0n) is 19.1. The normalized spacial score (nSPS) is 18.9. The fourth-order valence-electron chi connectivity index (χ4n) is 4.89. The van der Waals surface area contributed by atoms with Crippen molar-refractivity contribution < 1.29 is 9.59 Å². The number of nitrogens with zero attached hydrogens (tertiary/aromatic N) is 1. The first kappa shape index (κ1) is 23.5. The molecular weight excluding hydrogens is 481 g/mol. The number of fused-ring (bicyclic) bond motifs is 1. The SMILES string of the molecule is C=Cc1ccccc1N(C(=O)NC1CCC1)C1(Cc2cccc(Cl)c2)C(=O)Nc2cc(Cl)ccc21. The van der Waals surface area contributed by atoms with Gasteiger partial charge in [0.25, 0.3) is 5.91 Å². The smallest absolute Gasteiger partial charge is 0.323 e. The minimum atomic E-state index is -1.38. The lowest BCUT2D eigenvalue weighted by Gasteiger charge is -2.42. The highest BCUT2D eigenvalue weighted by molar-refractivity contribution is 6.31.